The first-order valence-corrected chi connectivity index (χ1v) is 12.0. The maximum atomic E-state index is 13.2. The van der Waals surface area contributed by atoms with Crippen LogP contribution >= 0.6 is 0 Å². The molecule has 0 amide bonds. The van der Waals surface area contributed by atoms with Crippen LogP contribution in [0.2, 0.25) is 0 Å². The number of hydrogen-bond acceptors (Lipinski definition) is 5. The van der Waals surface area contributed by atoms with E-state index in [0.717, 1.165) is 17.5 Å². The van der Waals surface area contributed by atoms with Crippen LogP contribution in [0.15, 0.2) is 47.4 Å². The zero-order chi connectivity index (χ0) is 20.4. The topological polar surface area (TPSA) is 92.8 Å². The molecule has 1 heterocycles. The molecule has 0 aromatic heterocycles. The van der Waals surface area contributed by atoms with Crippen LogP contribution in [-0.2, 0) is 31.2 Å². The van der Waals surface area contributed by atoms with E-state index < -0.39 is 20.0 Å². The molecule has 0 aliphatic carbocycles. The number of hydrogen-bond donors (Lipinski definition) is 1. The van der Waals surface area contributed by atoms with Crippen LogP contribution < -0.4 is 9.03 Å². The molecule has 152 valence electrons. The number of rotatable bonds is 7. The van der Waals surface area contributed by atoms with Crippen molar-refractivity contribution in [3.05, 3.63) is 53.6 Å². The predicted molar refractivity (Wildman–Crippen MR) is 110 cm³/mol. The molecule has 0 spiro atoms. The highest BCUT2D eigenvalue weighted by Crippen LogP contribution is 2.34. The molecular formula is C19H24N2O5S2. The Balaban J connectivity index is 1.95. The molecule has 0 fully saturated rings. The number of sulfonamides is 2. The largest absolute Gasteiger partial charge is 0.384 e. The molecule has 2 aromatic carbocycles. The van der Waals surface area contributed by atoms with Gasteiger partial charge in [-0.1, -0.05) is 23.8 Å². The van der Waals surface area contributed by atoms with Gasteiger partial charge in [0.15, 0.2) is 0 Å². The van der Waals surface area contributed by atoms with Gasteiger partial charge >= 0.3 is 0 Å². The maximum absolute atomic E-state index is 13.2. The minimum atomic E-state index is -3.73. The summed E-state index contributed by atoms with van der Waals surface area (Å²) in [4.78, 5) is 0.219. The summed E-state index contributed by atoms with van der Waals surface area (Å²) in [5.41, 5.74) is 2.70. The number of aryl methyl sites for hydroxylation is 2. The van der Waals surface area contributed by atoms with E-state index in [9.17, 15) is 16.8 Å². The Hall–Kier alpha value is -2.10. The highest BCUT2D eigenvalue weighted by atomic mass is 32.2. The van der Waals surface area contributed by atoms with Crippen LogP contribution in [-0.4, -0.2) is 42.8 Å². The lowest BCUT2D eigenvalue weighted by molar-refractivity contribution is 0.217. The lowest BCUT2D eigenvalue weighted by Gasteiger charge is -2.31. The summed E-state index contributed by atoms with van der Waals surface area (Å²) in [6.07, 6.45) is 1.45. The molecule has 0 saturated carbocycles. The van der Waals surface area contributed by atoms with E-state index in [4.69, 9.17) is 4.74 Å². The second kappa shape index (κ2) is 8.10. The van der Waals surface area contributed by atoms with E-state index in [-0.39, 0.29) is 17.3 Å². The second-order valence-electron chi connectivity index (χ2n) is 6.75. The maximum Gasteiger partial charge on any atom is 0.264 e. The summed E-state index contributed by atoms with van der Waals surface area (Å²) in [5.74, 6) is -0.175. The molecule has 0 saturated heterocycles. The fourth-order valence-electron chi connectivity index (χ4n) is 3.12. The smallest absolute Gasteiger partial charge is 0.264 e. The van der Waals surface area contributed by atoms with Crippen LogP contribution in [0.25, 0.3) is 0 Å². The van der Waals surface area contributed by atoms with E-state index >= 15 is 0 Å². The minimum absolute atomic E-state index is 0.0776. The van der Waals surface area contributed by atoms with Gasteiger partial charge in [-0.25, -0.2) is 16.8 Å². The van der Waals surface area contributed by atoms with Crippen molar-refractivity contribution in [1.29, 1.82) is 0 Å². The summed E-state index contributed by atoms with van der Waals surface area (Å²) in [5, 5.41) is 0. The monoisotopic (exact) mass is 424 g/mol. The van der Waals surface area contributed by atoms with Gasteiger partial charge in [-0.3, -0.25) is 9.03 Å². The van der Waals surface area contributed by atoms with Gasteiger partial charge in [0.2, 0.25) is 10.0 Å². The number of benzene rings is 2. The van der Waals surface area contributed by atoms with Crippen molar-refractivity contribution in [3.63, 3.8) is 0 Å². The molecular weight excluding hydrogens is 400 g/mol. The van der Waals surface area contributed by atoms with Crippen molar-refractivity contribution in [3.8, 4) is 0 Å². The Morgan fingerprint density at radius 1 is 1.07 bits per heavy atom. The van der Waals surface area contributed by atoms with E-state index in [1.54, 1.807) is 42.5 Å². The number of anilines is 2. The van der Waals surface area contributed by atoms with Crippen LogP contribution in [0.4, 0.5) is 11.4 Å². The van der Waals surface area contributed by atoms with Crippen molar-refractivity contribution < 1.29 is 21.6 Å². The first-order valence-electron chi connectivity index (χ1n) is 8.95. The molecule has 1 aliphatic rings. The summed E-state index contributed by atoms with van der Waals surface area (Å²) in [6, 6.07) is 11.7. The van der Waals surface area contributed by atoms with Gasteiger partial charge < -0.3 is 4.74 Å². The summed E-state index contributed by atoms with van der Waals surface area (Å²) in [6.45, 7) is 2.33. The van der Waals surface area contributed by atoms with E-state index in [1.807, 2.05) is 6.92 Å². The summed E-state index contributed by atoms with van der Waals surface area (Å²) >= 11 is 0. The SMILES string of the molecule is COCCS(=O)(=O)Nc1ccc2c(c1)N(S(=O)(=O)c1ccc(C)cc1)CCC2. The van der Waals surface area contributed by atoms with Gasteiger partial charge in [0.05, 0.1) is 28.6 Å². The average molecular weight is 425 g/mol. The lowest BCUT2D eigenvalue weighted by atomic mass is 10.0. The fraction of sp³-hybridized carbons (Fsp3) is 0.368. The number of methoxy groups -OCH3 is 1. The molecule has 0 radical (unpaired) electrons. The molecule has 9 heteroatoms. The molecule has 0 bridgehead atoms. The molecule has 1 N–H and O–H groups in total. The summed E-state index contributed by atoms with van der Waals surface area (Å²) in [7, 11) is -5.87. The number of nitrogens with zero attached hydrogens (tertiary/aromatic N) is 1. The van der Waals surface area contributed by atoms with Gasteiger partial charge in [-0.2, -0.15) is 0 Å². The standard InChI is InChI=1S/C19H24N2O5S2/c1-15-5-9-18(10-6-15)28(24,25)21-11-3-4-16-7-8-17(14-19(16)21)20-27(22,23)13-12-26-2/h5-10,14,20H,3-4,11-13H2,1-2H3. The highest BCUT2D eigenvalue weighted by molar-refractivity contribution is 7.93. The van der Waals surface area contributed by atoms with Crippen molar-refractivity contribution in [2.45, 2.75) is 24.7 Å². The van der Waals surface area contributed by atoms with Crippen LogP contribution in [0.1, 0.15) is 17.5 Å². The Morgan fingerprint density at radius 3 is 2.46 bits per heavy atom. The number of fused-ring (bicyclic) bond motifs is 1. The molecule has 28 heavy (non-hydrogen) atoms. The Bertz CT molecular complexity index is 1050. The molecule has 3 rings (SSSR count). The Kier molecular flexibility index (Phi) is 5.97. The predicted octanol–water partition coefficient (Wildman–Crippen LogP) is 2.52. The van der Waals surface area contributed by atoms with E-state index in [0.29, 0.717) is 24.3 Å². The quantitative estimate of drug-likeness (QED) is 0.737. The van der Waals surface area contributed by atoms with Crippen LogP contribution in [0.3, 0.4) is 0 Å². The van der Waals surface area contributed by atoms with Crippen molar-refractivity contribution in [1.82, 2.24) is 0 Å². The zero-order valence-corrected chi connectivity index (χ0v) is 17.5. The molecule has 0 unspecified atom stereocenters. The molecule has 2 aromatic rings. The van der Waals surface area contributed by atoms with E-state index in [1.165, 1.54) is 11.4 Å². The number of ether oxygens (including phenoxy) is 1. The van der Waals surface area contributed by atoms with Crippen molar-refractivity contribution in [2.75, 3.05) is 35.0 Å². The van der Waals surface area contributed by atoms with Gasteiger partial charge in [0.1, 0.15) is 0 Å². The normalized spacial score (nSPS) is 14.6. The van der Waals surface area contributed by atoms with Crippen molar-refractivity contribution >= 4 is 31.4 Å². The van der Waals surface area contributed by atoms with Gasteiger partial charge in [0, 0.05) is 13.7 Å². The molecule has 7 nitrogen and oxygen atoms in total. The van der Waals surface area contributed by atoms with Gasteiger partial charge in [-0.05, 0) is 49.6 Å². The molecule has 0 atom stereocenters. The van der Waals surface area contributed by atoms with Gasteiger partial charge in [0.25, 0.3) is 10.0 Å². The first-order chi connectivity index (χ1) is 13.2. The van der Waals surface area contributed by atoms with Crippen molar-refractivity contribution in [2.24, 2.45) is 0 Å². The Morgan fingerprint density at radius 2 is 1.79 bits per heavy atom. The van der Waals surface area contributed by atoms with Crippen LogP contribution in [0, 0.1) is 6.92 Å². The second-order valence-corrected chi connectivity index (χ2v) is 10.5. The average Bonchev–Trinajstić information content (AvgIpc) is 2.66. The minimum Gasteiger partial charge on any atom is -0.384 e. The van der Waals surface area contributed by atoms with E-state index in [2.05, 4.69) is 4.72 Å². The third-order valence-corrected chi connectivity index (χ3v) is 7.68. The Labute approximate surface area is 166 Å². The molecule has 1 aliphatic heterocycles. The third-order valence-electron chi connectivity index (χ3n) is 4.60. The number of nitrogens with one attached hydrogen (secondary N) is 1. The zero-order valence-electron chi connectivity index (χ0n) is 15.9. The third kappa shape index (κ3) is 4.48. The van der Waals surface area contributed by atoms with Gasteiger partial charge in [-0.15, -0.1) is 0 Å². The summed E-state index contributed by atoms with van der Waals surface area (Å²) < 4.78 is 59.3. The highest BCUT2D eigenvalue weighted by Gasteiger charge is 2.29. The fourth-order valence-corrected chi connectivity index (χ4v) is 5.62. The first kappa shape index (κ1) is 20.6. The van der Waals surface area contributed by atoms with Crippen LogP contribution in [0.5, 0.6) is 0 Å². The lowest BCUT2D eigenvalue weighted by Crippen LogP contribution is -2.35.